The maximum absolute atomic E-state index is 10.8. The number of rotatable bonds is 5. The Kier molecular flexibility index (Phi) is 4.39. The molecule has 1 heterocycles. The molecule has 2 atom stereocenters. The summed E-state index contributed by atoms with van der Waals surface area (Å²) in [6, 6.07) is 1.41. The van der Waals surface area contributed by atoms with Crippen molar-refractivity contribution < 1.29 is 10.0 Å². The van der Waals surface area contributed by atoms with Crippen LogP contribution in [0.5, 0.6) is 0 Å². The Morgan fingerprint density at radius 3 is 2.76 bits per heavy atom. The predicted molar refractivity (Wildman–Crippen MR) is 65.0 cm³/mol. The minimum atomic E-state index is -0.428. The Bertz CT molecular complexity index is 409. The number of pyridine rings is 1. The lowest BCUT2D eigenvalue weighted by Gasteiger charge is -2.19. The minimum absolute atomic E-state index is 0.00481. The van der Waals surface area contributed by atoms with Crippen molar-refractivity contribution in [2.75, 3.05) is 11.9 Å². The molecule has 1 aromatic heterocycles. The molecule has 0 radical (unpaired) electrons. The highest BCUT2D eigenvalue weighted by Crippen LogP contribution is 2.21. The van der Waals surface area contributed by atoms with E-state index in [-0.39, 0.29) is 24.3 Å². The fourth-order valence-corrected chi connectivity index (χ4v) is 1.32. The molecular formula is C11H17N3O3. The SMILES string of the molecule is Cc1cnc(NC(C)C(C)CO)cc1[N+](=O)[O-]. The Morgan fingerprint density at radius 2 is 2.24 bits per heavy atom. The first-order chi connectivity index (χ1) is 7.95. The van der Waals surface area contributed by atoms with Gasteiger partial charge >= 0.3 is 0 Å². The van der Waals surface area contributed by atoms with Crippen LogP contribution >= 0.6 is 0 Å². The van der Waals surface area contributed by atoms with Crippen LogP contribution < -0.4 is 5.32 Å². The minimum Gasteiger partial charge on any atom is -0.396 e. The van der Waals surface area contributed by atoms with Gasteiger partial charge in [0.25, 0.3) is 5.69 Å². The number of aromatic nitrogens is 1. The zero-order valence-corrected chi connectivity index (χ0v) is 10.2. The molecule has 1 aromatic rings. The Labute approximate surface area is 99.8 Å². The summed E-state index contributed by atoms with van der Waals surface area (Å²) in [4.78, 5) is 14.4. The van der Waals surface area contributed by atoms with E-state index in [1.165, 1.54) is 12.3 Å². The van der Waals surface area contributed by atoms with Crippen molar-refractivity contribution in [1.82, 2.24) is 4.98 Å². The van der Waals surface area contributed by atoms with Crippen LogP contribution in [0.2, 0.25) is 0 Å². The Balaban J connectivity index is 2.86. The van der Waals surface area contributed by atoms with Crippen LogP contribution in [0.3, 0.4) is 0 Å². The van der Waals surface area contributed by atoms with Crippen molar-refractivity contribution in [2.45, 2.75) is 26.8 Å². The average molecular weight is 239 g/mol. The second-order valence-corrected chi connectivity index (χ2v) is 4.21. The lowest BCUT2D eigenvalue weighted by atomic mass is 10.1. The van der Waals surface area contributed by atoms with E-state index in [9.17, 15) is 10.1 Å². The van der Waals surface area contributed by atoms with Crippen LogP contribution in [0.1, 0.15) is 19.4 Å². The van der Waals surface area contributed by atoms with Crippen molar-refractivity contribution in [2.24, 2.45) is 5.92 Å². The maximum Gasteiger partial charge on any atom is 0.277 e. The molecule has 1 rings (SSSR count). The highest BCUT2D eigenvalue weighted by molar-refractivity contribution is 5.49. The monoisotopic (exact) mass is 239 g/mol. The van der Waals surface area contributed by atoms with Crippen molar-refractivity contribution in [1.29, 1.82) is 0 Å². The van der Waals surface area contributed by atoms with Gasteiger partial charge in [-0.05, 0) is 19.8 Å². The largest absolute Gasteiger partial charge is 0.396 e. The van der Waals surface area contributed by atoms with Gasteiger partial charge in [0.15, 0.2) is 0 Å². The highest BCUT2D eigenvalue weighted by Gasteiger charge is 2.15. The zero-order valence-electron chi connectivity index (χ0n) is 10.2. The van der Waals surface area contributed by atoms with E-state index >= 15 is 0 Å². The van der Waals surface area contributed by atoms with Gasteiger partial charge < -0.3 is 10.4 Å². The van der Waals surface area contributed by atoms with Gasteiger partial charge in [0.05, 0.1) is 11.0 Å². The number of hydrogen-bond acceptors (Lipinski definition) is 5. The second kappa shape index (κ2) is 5.58. The van der Waals surface area contributed by atoms with Gasteiger partial charge in [-0.2, -0.15) is 0 Å². The number of anilines is 1. The molecule has 2 N–H and O–H groups in total. The molecule has 0 aromatic carbocycles. The van der Waals surface area contributed by atoms with E-state index in [0.29, 0.717) is 11.4 Å². The van der Waals surface area contributed by atoms with E-state index in [0.717, 1.165) is 0 Å². The smallest absolute Gasteiger partial charge is 0.277 e. The first-order valence-electron chi connectivity index (χ1n) is 5.44. The molecular weight excluding hydrogens is 222 g/mol. The molecule has 0 aliphatic heterocycles. The lowest BCUT2D eigenvalue weighted by molar-refractivity contribution is -0.385. The van der Waals surface area contributed by atoms with Crippen molar-refractivity contribution in [3.05, 3.63) is 27.9 Å². The third kappa shape index (κ3) is 3.39. The van der Waals surface area contributed by atoms with E-state index in [1.54, 1.807) is 6.92 Å². The summed E-state index contributed by atoms with van der Waals surface area (Å²) < 4.78 is 0. The summed E-state index contributed by atoms with van der Waals surface area (Å²) in [5.41, 5.74) is 0.578. The van der Waals surface area contributed by atoms with Crippen LogP contribution in [0, 0.1) is 23.0 Å². The van der Waals surface area contributed by atoms with Crippen molar-refractivity contribution in [3.8, 4) is 0 Å². The van der Waals surface area contributed by atoms with E-state index in [2.05, 4.69) is 10.3 Å². The molecule has 0 fully saturated rings. The van der Waals surface area contributed by atoms with Gasteiger partial charge in [0, 0.05) is 24.4 Å². The van der Waals surface area contributed by atoms with E-state index in [4.69, 9.17) is 5.11 Å². The number of nitro groups is 1. The van der Waals surface area contributed by atoms with Gasteiger partial charge in [-0.3, -0.25) is 10.1 Å². The molecule has 94 valence electrons. The summed E-state index contributed by atoms with van der Waals surface area (Å²) in [7, 11) is 0. The van der Waals surface area contributed by atoms with Gasteiger partial charge in [-0.1, -0.05) is 6.92 Å². The molecule has 6 heteroatoms. The molecule has 0 aliphatic rings. The maximum atomic E-state index is 10.8. The quantitative estimate of drug-likeness (QED) is 0.603. The number of aliphatic hydroxyl groups is 1. The highest BCUT2D eigenvalue weighted by atomic mass is 16.6. The van der Waals surface area contributed by atoms with Crippen LogP contribution in [-0.4, -0.2) is 27.7 Å². The summed E-state index contributed by atoms with van der Waals surface area (Å²) in [5.74, 6) is 0.507. The van der Waals surface area contributed by atoms with Crippen LogP contribution in [-0.2, 0) is 0 Å². The molecule has 0 bridgehead atoms. The summed E-state index contributed by atoms with van der Waals surface area (Å²) in [6.07, 6.45) is 1.47. The molecule has 0 aliphatic carbocycles. The third-order valence-electron chi connectivity index (χ3n) is 2.79. The fourth-order valence-electron chi connectivity index (χ4n) is 1.32. The van der Waals surface area contributed by atoms with Crippen molar-refractivity contribution >= 4 is 11.5 Å². The second-order valence-electron chi connectivity index (χ2n) is 4.21. The zero-order chi connectivity index (χ0) is 13.0. The number of aryl methyl sites for hydroxylation is 1. The Hall–Kier alpha value is -1.69. The first-order valence-corrected chi connectivity index (χ1v) is 5.44. The third-order valence-corrected chi connectivity index (χ3v) is 2.79. The van der Waals surface area contributed by atoms with Gasteiger partial charge in [0.1, 0.15) is 5.82 Å². The van der Waals surface area contributed by atoms with Crippen LogP contribution in [0.4, 0.5) is 11.5 Å². The molecule has 0 spiro atoms. The standard InChI is InChI=1S/C11H17N3O3/c1-7-5-12-11(4-10(7)14(16)17)13-9(3)8(2)6-15/h4-5,8-9,15H,6H2,1-3H3,(H,12,13). The summed E-state index contributed by atoms with van der Waals surface area (Å²) in [5, 5.41) is 22.8. The fraction of sp³-hybridized carbons (Fsp3) is 0.545. The van der Waals surface area contributed by atoms with Gasteiger partial charge in [-0.25, -0.2) is 4.98 Å². The van der Waals surface area contributed by atoms with Crippen LogP contribution in [0.25, 0.3) is 0 Å². The van der Waals surface area contributed by atoms with Crippen LogP contribution in [0.15, 0.2) is 12.3 Å². The molecule has 17 heavy (non-hydrogen) atoms. The number of hydrogen-bond donors (Lipinski definition) is 2. The number of nitrogens with zero attached hydrogens (tertiary/aromatic N) is 2. The first kappa shape index (κ1) is 13.4. The predicted octanol–water partition coefficient (Wildman–Crippen LogP) is 1.73. The Morgan fingerprint density at radius 1 is 1.59 bits per heavy atom. The van der Waals surface area contributed by atoms with Crippen molar-refractivity contribution in [3.63, 3.8) is 0 Å². The molecule has 0 saturated carbocycles. The summed E-state index contributed by atoms with van der Waals surface area (Å²) in [6.45, 7) is 5.49. The number of nitrogens with one attached hydrogen (secondary N) is 1. The molecule has 2 unspecified atom stereocenters. The lowest BCUT2D eigenvalue weighted by Crippen LogP contribution is -2.26. The number of aliphatic hydroxyl groups excluding tert-OH is 1. The summed E-state index contributed by atoms with van der Waals surface area (Å²) >= 11 is 0. The van der Waals surface area contributed by atoms with Gasteiger partial charge in [0.2, 0.25) is 0 Å². The average Bonchev–Trinajstić information content (AvgIpc) is 2.30. The van der Waals surface area contributed by atoms with E-state index in [1.807, 2.05) is 13.8 Å². The normalized spacial score (nSPS) is 14.1. The topological polar surface area (TPSA) is 88.3 Å². The van der Waals surface area contributed by atoms with E-state index < -0.39 is 4.92 Å². The molecule has 0 saturated heterocycles. The van der Waals surface area contributed by atoms with Gasteiger partial charge in [-0.15, -0.1) is 0 Å². The molecule has 6 nitrogen and oxygen atoms in total. The molecule has 0 amide bonds.